The second-order valence-electron chi connectivity index (χ2n) is 7.20. The number of benzene rings is 3. The molecule has 0 saturated heterocycles. The Morgan fingerprint density at radius 2 is 1.85 bits per heavy atom. The van der Waals surface area contributed by atoms with Crippen LogP contribution in [-0.4, -0.2) is 12.5 Å². The smallest absolute Gasteiger partial charge is 0.266 e. The molecule has 8 heteroatoms. The first-order chi connectivity index (χ1) is 16.4. The lowest BCUT2D eigenvalue weighted by molar-refractivity contribution is -0.112. The Labute approximate surface area is 217 Å². The number of nitriles is 1. The minimum absolute atomic E-state index is 0.0443. The van der Waals surface area contributed by atoms with Crippen LogP contribution in [0.3, 0.4) is 0 Å². The van der Waals surface area contributed by atoms with Crippen LogP contribution >= 0.6 is 39.1 Å². The zero-order valence-corrected chi connectivity index (χ0v) is 21.4. The number of rotatable bonds is 9. The van der Waals surface area contributed by atoms with Gasteiger partial charge in [-0.3, -0.25) is 4.79 Å². The van der Waals surface area contributed by atoms with Gasteiger partial charge in [-0.2, -0.15) is 5.26 Å². The lowest BCUT2D eigenvalue weighted by Crippen LogP contribution is -2.13. The lowest BCUT2D eigenvalue weighted by Gasteiger charge is -2.10. The minimum Gasteiger partial charge on any atom is -0.493 e. The second kappa shape index (κ2) is 12.5. The topological polar surface area (TPSA) is 71.3 Å². The summed E-state index contributed by atoms with van der Waals surface area (Å²) >= 11 is 15.5. The Morgan fingerprint density at radius 1 is 1.09 bits per heavy atom. The van der Waals surface area contributed by atoms with Gasteiger partial charge in [0.1, 0.15) is 29.7 Å². The summed E-state index contributed by atoms with van der Waals surface area (Å²) in [5.74, 6) is 0.685. The first-order valence-electron chi connectivity index (χ1n) is 10.4. The van der Waals surface area contributed by atoms with Crippen LogP contribution < -0.4 is 14.8 Å². The molecule has 0 unspecified atom stereocenters. The largest absolute Gasteiger partial charge is 0.493 e. The van der Waals surface area contributed by atoms with E-state index in [0.717, 1.165) is 16.5 Å². The van der Waals surface area contributed by atoms with Crippen molar-refractivity contribution in [1.82, 2.24) is 0 Å². The Hall–Kier alpha value is -2.98. The molecule has 3 aromatic rings. The first-order valence-corrected chi connectivity index (χ1v) is 12.0. The molecule has 174 valence electrons. The molecule has 0 heterocycles. The molecule has 0 aliphatic carbocycles. The maximum atomic E-state index is 12.7. The third kappa shape index (κ3) is 7.26. The quantitative estimate of drug-likeness (QED) is 0.216. The van der Waals surface area contributed by atoms with Gasteiger partial charge in [0.25, 0.3) is 5.91 Å². The molecule has 5 nitrogen and oxygen atoms in total. The fraction of sp³-hybridized carbons (Fsp3) is 0.154. The Balaban J connectivity index is 1.67. The summed E-state index contributed by atoms with van der Waals surface area (Å²) in [6.45, 7) is 2.82. The molecule has 1 N–H and O–H groups in total. The average Bonchev–Trinajstić information content (AvgIpc) is 2.82. The van der Waals surface area contributed by atoms with E-state index in [0.29, 0.717) is 39.4 Å². The molecule has 0 aliphatic rings. The van der Waals surface area contributed by atoms with Crippen LogP contribution in [0, 0.1) is 11.3 Å². The van der Waals surface area contributed by atoms with Crippen molar-refractivity contribution in [1.29, 1.82) is 5.26 Å². The number of nitrogens with one attached hydrogen (secondary N) is 1. The fourth-order valence-electron chi connectivity index (χ4n) is 2.91. The van der Waals surface area contributed by atoms with E-state index in [9.17, 15) is 10.1 Å². The zero-order valence-electron chi connectivity index (χ0n) is 18.3. The van der Waals surface area contributed by atoms with Gasteiger partial charge in [0.15, 0.2) is 0 Å². The van der Waals surface area contributed by atoms with Gasteiger partial charge in [-0.25, -0.2) is 0 Å². The number of ether oxygens (including phenoxy) is 2. The van der Waals surface area contributed by atoms with Gasteiger partial charge in [-0.15, -0.1) is 0 Å². The van der Waals surface area contributed by atoms with Crippen LogP contribution in [0.4, 0.5) is 5.69 Å². The molecule has 3 rings (SSSR count). The first kappa shape index (κ1) is 25.6. The summed E-state index contributed by atoms with van der Waals surface area (Å²) in [5.41, 5.74) is 1.93. The summed E-state index contributed by atoms with van der Waals surface area (Å²) < 4.78 is 12.3. The van der Waals surface area contributed by atoms with E-state index in [1.54, 1.807) is 54.6 Å². The van der Waals surface area contributed by atoms with Gasteiger partial charge in [0.05, 0.1) is 6.61 Å². The van der Waals surface area contributed by atoms with Crippen LogP contribution in [-0.2, 0) is 11.4 Å². The van der Waals surface area contributed by atoms with E-state index in [1.807, 2.05) is 19.1 Å². The highest BCUT2D eigenvalue weighted by molar-refractivity contribution is 9.10. The van der Waals surface area contributed by atoms with Crippen LogP contribution in [0.1, 0.15) is 24.5 Å². The molecular formula is C26H21BrCl2N2O3. The predicted molar refractivity (Wildman–Crippen MR) is 139 cm³/mol. The molecule has 0 aromatic heterocycles. The lowest BCUT2D eigenvalue weighted by atomic mass is 10.1. The summed E-state index contributed by atoms with van der Waals surface area (Å²) in [4.78, 5) is 12.7. The third-order valence-corrected chi connectivity index (χ3v) is 5.70. The fourth-order valence-corrected chi connectivity index (χ4v) is 3.75. The predicted octanol–water partition coefficient (Wildman–Crippen LogP) is 7.67. The number of halogens is 3. The normalized spacial score (nSPS) is 11.0. The van der Waals surface area contributed by atoms with Crippen LogP contribution in [0.5, 0.6) is 11.5 Å². The molecular weight excluding hydrogens is 539 g/mol. The Morgan fingerprint density at radius 3 is 2.53 bits per heavy atom. The van der Waals surface area contributed by atoms with Gasteiger partial charge < -0.3 is 14.8 Å². The number of anilines is 1. The van der Waals surface area contributed by atoms with E-state index in [1.165, 1.54) is 6.08 Å². The third-order valence-electron chi connectivity index (χ3n) is 4.62. The average molecular weight is 560 g/mol. The molecule has 0 atom stereocenters. The zero-order chi connectivity index (χ0) is 24.5. The van der Waals surface area contributed by atoms with Crippen LogP contribution in [0.2, 0.25) is 10.0 Å². The number of nitrogens with zero attached hydrogens (tertiary/aromatic N) is 1. The SMILES string of the molecule is CCCOc1ccc(Br)cc1/C=C(\C#N)C(=O)Nc1ccc(OCc2ccc(Cl)cc2Cl)cc1. The van der Waals surface area contributed by atoms with Crippen molar-refractivity contribution in [2.75, 3.05) is 11.9 Å². The van der Waals surface area contributed by atoms with E-state index >= 15 is 0 Å². The van der Waals surface area contributed by atoms with Crippen molar-refractivity contribution in [3.8, 4) is 17.6 Å². The molecule has 34 heavy (non-hydrogen) atoms. The van der Waals surface area contributed by atoms with Crippen molar-refractivity contribution in [2.45, 2.75) is 20.0 Å². The molecule has 0 bridgehead atoms. The maximum Gasteiger partial charge on any atom is 0.266 e. The summed E-state index contributed by atoms with van der Waals surface area (Å²) in [7, 11) is 0. The van der Waals surface area contributed by atoms with E-state index < -0.39 is 5.91 Å². The van der Waals surface area contributed by atoms with Gasteiger partial charge in [-0.05, 0) is 67.1 Å². The van der Waals surface area contributed by atoms with Gasteiger partial charge in [0, 0.05) is 31.3 Å². The monoisotopic (exact) mass is 558 g/mol. The molecule has 0 spiro atoms. The molecule has 0 saturated carbocycles. The number of carbonyl (C=O) groups excluding carboxylic acids is 1. The second-order valence-corrected chi connectivity index (χ2v) is 8.96. The van der Waals surface area contributed by atoms with Gasteiger partial charge in [0.2, 0.25) is 0 Å². The summed E-state index contributed by atoms with van der Waals surface area (Å²) in [6.07, 6.45) is 2.36. The van der Waals surface area contributed by atoms with E-state index in [2.05, 4.69) is 21.2 Å². The van der Waals surface area contributed by atoms with Crippen molar-refractivity contribution in [3.05, 3.63) is 91.9 Å². The highest BCUT2D eigenvalue weighted by Crippen LogP contribution is 2.27. The Bertz CT molecular complexity index is 1240. The standard InChI is InChI=1S/C26H21BrCl2N2O3/c1-2-11-33-25-10-4-20(27)13-18(25)12-19(15-30)26(32)31-22-6-8-23(9-7-22)34-16-17-3-5-21(28)14-24(17)29/h3-10,12-14H,2,11,16H2,1H3,(H,31,32)/b19-12+. The number of amides is 1. The maximum absolute atomic E-state index is 12.7. The number of hydrogen-bond donors (Lipinski definition) is 1. The highest BCUT2D eigenvalue weighted by atomic mass is 79.9. The van der Waals surface area contributed by atoms with Crippen molar-refractivity contribution in [3.63, 3.8) is 0 Å². The molecule has 0 aliphatic heterocycles. The van der Waals surface area contributed by atoms with E-state index in [4.69, 9.17) is 32.7 Å². The molecule has 1 amide bonds. The number of carbonyl (C=O) groups is 1. The van der Waals surface area contributed by atoms with E-state index in [-0.39, 0.29) is 12.2 Å². The molecule has 3 aromatic carbocycles. The van der Waals surface area contributed by atoms with Gasteiger partial charge in [-0.1, -0.05) is 52.1 Å². The van der Waals surface area contributed by atoms with Crippen LogP contribution in [0.25, 0.3) is 6.08 Å². The van der Waals surface area contributed by atoms with Gasteiger partial charge >= 0.3 is 0 Å². The highest BCUT2D eigenvalue weighted by Gasteiger charge is 2.12. The number of hydrogen-bond acceptors (Lipinski definition) is 4. The summed E-state index contributed by atoms with van der Waals surface area (Å²) in [6, 6.07) is 19.5. The van der Waals surface area contributed by atoms with Crippen molar-refractivity contribution >= 4 is 56.8 Å². The molecule has 0 radical (unpaired) electrons. The van der Waals surface area contributed by atoms with Crippen molar-refractivity contribution < 1.29 is 14.3 Å². The Kier molecular flexibility index (Phi) is 9.41. The summed E-state index contributed by atoms with van der Waals surface area (Å²) in [5, 5.41) is 13.4. The minimum atomic E-state index is -0.523. The molecule has 0 fully saturated rings. The van der Waals surface area contributed by atoms with Crippen LogP contribution in [0.15, 0.2) is 70.7 Å². The van der Waals surface area contributed by atoms with Crippen molar-refractivity contribution in [2.24, 2.45) is 0 Å².